The van der Waals surface area contributed by atoms with Crippen LogP contribution in [0.5, 0.6) is 0 Å². The first-order valence-corrected chi connectivity index (χ1v) is 7.21. The lowest BCUT2D eigenvalue weighted by atomic mass is 9.90. The number of ether oxygens (including phenoxy) is 2. The molecule has 5 N–H and O–H groups in total. The number of hydrogen-bond acceptors (Lipinski definition) is 12. The Labute approximate surface area is 141 Å². The highest BCUT2D eigenvalue weighted by Crippen LogP contribution is 2.30. The van der Waals surface area contributed by atoms with Crippen LogP contribution in [0.3, 0.4) is 0 Å². The first-order valence-electron chi connectivity index (χ1n) is 7.21. The lowest BCUT2D eigenvalue weighted by Crippen LogP contribution is -2.69. The average molecular weight is 368 g/mol. The summed E-state index contributed by atoms with van der Waals surface area (Å²) in [7, 11) is 0. The topological polar surface area (TPSA) is 189 Å². The fourth-order valence-electron chi connectivity index (χ4n) is 2.02. The maximum Gasteiger partial charge on any atom is 0.398 e. The van der Waals surface area contributed by atoms with Crippen LogP contribution in [-0.2, 0) is 33.6 Å². The van der Waals surface area contributed by atoms with E-state index < -0.39 is 60.8 Å². The van der Waals surface area contributed by atoms with Crippen LogP contribution in [0.25, 0.3) is 0 Å². The van der Waals surface area contributed by atoms with E-state index in [1.807, 2.05) is 0 Å². The second-order valence-electron chi connectivity index (χ2n) is 5.25. The SMILES string of the molecule is CCC(=O)OOC(=O)C(OC(C)=O)C1O[C@@](O)(CO)[C@@H](O)[C@H](O)[C@@H]1O. The van der Waals surface area contributed by atoms with Crippen molar-refractivity contribution in [2.75, 3.05) is 6.61 Å². The van der Waals surface area contributed by atoms with E-state index in [1.54, 1.807) is 0 Å². The molecule has 1 saturated heterocycles. The van der Waals surface area contributed by atoms with E-state index in [9.17, 15) is 34.8 Å². The van der Waals surface area contributed by atoms with Crippen molar-refractivity contribution >= 4 is 17.9 Å². The molecule has 12 nitrogen and oxygen atoms in total. The van der Waals surface area contributed by atoms with Crippen LogP contribution in [0.4, 0.5) is 0 Å². The molecule has 1 aliphatic heterocycles. The lowest BCUT2D eigenvalue weighted by molar-refractivity contribution is -0.365. The van der Waals surface area contributed by atoms with Gasteiger partial charge >= 0.3 is 17.9 Å². The van der Waals surface area contributed by atoms with E-state index in [4.69, 9.17) is 9.84 Å². The van der Waals surface area contributed by atoms with Crippen LogP contribution in [0.15, 0.2) is 0 Å². The number of aliphatic hydroxyl groups is 5. The summed E-state index contributed by atoms with van der Waals surface area (Å²) in [4.78, 5) is 42.5. The van der Waals surface area contributed by atoms with Crippen molar-refractivity contribution in [1.82, 2.24) is 0 Å². The maximum absolute atomic E-state index is 12.0. The van der Waals surface area contributed by atoms with Crippen molar-refractivity contribution in [2.24, 2.45) is 0 Å². The lowest BCUT2D eigenvalue weighted by Gasteiger charge is -2.45. The standard InChI is InChI=1S/C13H20O12/c1-3-6(16)24-25-12(20)10(22-5(2)15)9-7(17)8(18)11(19)13(21,4-14)23-9/h7-11,14,17-19,21H,3-4H2,1-2H3/t7-,8+,9?,10?,11-,13-/m0/s1. The van der Waals surface area contributed by atoms with Gasteiger partial charge < -0.3 is 35.0 Å². The molecule has 12 heteroatoms. The molecule has 0 bridgehead atoms. The zero-order valence-corrected chi connectivity index (χ0v) is 13.4. The Balaban J connectivity index is 3.05. The van der Waals surface area contributed by atoms with Gasteiger partial charge in [0.15, 0.2) is 0 Å². The molecule has 1 rings (SSSR count). The molecule has 0 aromatic carbocycles. The predicted molar refractivity (Wildman–Crippen MR) is 73.0 cm³/mol. The molecule has 0 spiro atoms. The van der Waals surface area contributed by atoms with Gasteiger partial charge in [0.1, 0.15) is 24.4 Å². The highest BCUT2D eigenvalue weighted by atomic mass is 17.2. The molecular formula is C13H20O12. The van der Waals surface area contributed by atoms with E-state index in [1.165, 1.54) is 6.92 Å². The normalized spacial score (nSPS) is 33.2. The molecule has 0 radical (unpaired) electrons. The van der Waals surface area contributed by atoms with Crippen LogP contribution in [0.1, 0.15) is 20.3 Å². The van der Waals surface area contributed by atoms with Gasteiger partial charge in [-0.2, -0.15) is 0 Å². The van der Waals surface area contributed by atoms with Gasteiger partial charge in [0.05, 0.1) is 6.61 Å². The Bertz CT molecular complexity index is 507. The van der Waals surface area contributed by atoms with Gasteiger partial charge in [0.2, 0.25) is 11.9 Å². The van der Waals surface area contributed by atoms with Crippen LogP contribution < -0.4 is 0 Å². The molecule has 0 saturated carbocycles. The molecular weight excluding hydrogens is 348 g/mol. The molecule has 1 aliphatic rings. The molecule has 0 amide bonds. The molecule has 0 aromatic heterocycles. The summed E-state index contributed by atoms with van der Waals surface area (Å²) in [5.74, 6) is -6.22. The monoisotopic (exact) mass is 368 g/mol. The number of carbonyl (C=O) groups is 3. The molecule has 25 heavy (non-hydrogen) atoms. The Hall–Kier alpha value is -1.83. The molecule has 2 unspecified atom stereocenters. The van der Waals surface area contributed by atoms with Gasteiger partial charge in [0, 0.05) is 13.3 Å². The van der Waals surface area contributed by atoms with Crippen LogP contribution in [-0.4, -0.2) is 86.4 Å². The smallest absolute Gasteiger partial charge is 0.398 e. The molecule has 1 heterocycles. The fourth-order valence-corrected chi connectivity index (χ4v) is 2.02. The first kappa shape index (κ1) is 21.2. The Kier molecular flexibility index (Phi) is 7.22. The van der Waals surface area contributed by atoms with Crippen molar-refractivity contribution < 1.29 is 59.2 Å². The molecule has 144 valence electrons. The second kappa shape index (κ2) is 8.51. The summed E-state index contributed by atoms with van der Waals surface area (Å²) in [5.41, 5.74) is 0. The molecule has 6 atom stereocenters. The minimum Gasteiger partial charge on any atom is -0.447 e. The number of rotatable bonds is 5. The minimum absolute atomic E-state index is 0.136. The third kappa shape index (κ3) is 4.84. The Morgan fingerprint density at radius 1 is 1.16 bits per heavy atom. The number of aliphatic hydroxyl groups excluding tert-OH is 4. The highest BCUT2D eigenvalue weighted by Gasteiger charge is 2.57. The van der Waals surface area contributed by atoms with Gasteiger partial charge in [-0.3, -0.25) is 4.79 Å². The average Bonchev–Trinajstić information content (AvgIpc) is 2.58. The van der Waals surface area contributed by atoms with Crippen molar-refractivity contribution in [3.63, 3.8) is 0 Å². The molecule has 0 aliphatic carbocycles. The van der Waals surface area contributed by atoms with E-state index in [0.717, 1.165) is 6.92 Å². The minimum atomic E-state index is -2.76. The van der Waals surface area contributed by atoms with E-state index in [2.05, 4.69) is 14.5 Å². The largest absolute Gasteiger partial charge is 0.447 e. The van der Waals surface area contributed by atoms with Gasteiger partial charge in [-0.05, 0) is 0 Å². The number of esters is 1. The van der Waals surface area contributed by atoms with Crippen LogP contribution >= 0.6 is 0 Å². The van der Waals surface area contributed by atoms with Crippen LogP contribution in [0.2, 0.25) is 0 Å². The zero-order valence-electron chi connectivity index (χ0n) is 13.4. The molecule has 1 fully saturated rings. The van der Waals surface area contributed by atoms with Gasteiger partial charge in [-0.25, -0.2) is 19.4 Å². The summed E-state index contributed by atoms with van der Waals surface area (Å²) in [6.45, 7) is 1.09. The van der Waals surface area contributed by atoms with E-state index in [-0.39, 0.29) is 6.42 Å². The summed E-state index contributed by atoms with van der Waals surface area (Å²) >= 11 is 0. The Morgan fingerprint density at radius 2 is 1.76 bits per heavy atom. The maximum atomic E-state index is 12.0. The highest BCUT2D eigenvalue weighted by molar-refractivity contribution is 5.80. The summed E-state index contributed by atoms with van der Waals surface area (Å²) in [6, 6.07) is 0. The van der Waals surface area contributed by atoms with Crippen molar-refractivity contribution in [2.45, 2.75) is 56.6 Å². The summed E-state index contributed by atoms with van der Waals surface area (Å²) < 4.78 is 9.50. The summed E-state index contributed by atoms with van der Waals surface area (Å²) in [5, 5.41) is 48.5. The summed E-state index contributed by atoms with van der Waals surface area (Å²) in [6.07, 6.45) is -10.4. The predicted octanol–water partition coefficient (Wildman–Crippen LogP) is -3.51. The van der Waals surface area contributed by atoms with Gasteiger partial charge in [-0.15, -0.1) is 0 Å². The third-order valence-electron chi connectivity index (χ3n) is 3.37. The van der Waals surface area contributed by atoms with Crippen molar-refractivity contribution in [3.8, 4) is 0 Å². The third-order valence-corrected chi connectivity index (χ3v) is 3.37. The zero-order chi connectivity index (χ0) is 19.4. The van der Waals surface area contributed by atoms with Gasteiger partial charge in [0.25, 0.3) is 0 Å². The second-order valence-corrected chi connectivity index (χ2v) is 5.25. The first-order chi connectivity index (χ1) is 11.6. The number of hydrogen-bond donors (Lipinski definition) is 5. The van der Waals surface area contributed by atoms with E-state index >= 15 is 0 Å². The van der Waals surface area contributed by atoms with Crippen molar-refractivity contribution in [1.29, 1.82) is 0 Å². The van der Waals surface area contributed by atoms with Crippen molar-refractivity contribution in [3.05, 3.63) is 0 Å². The van der Waals surface area contributed by atoms with Gasteiger partial charge in [-0.1, -0.05) is 6.92 Å². The fraction of sp³-hybridized carbons (Fsp3) is 0.769. The van der Waals surface area contributed by atoms with E-state index in [0.29, 0.717) is 0 Å². The quantitative estimate of drug-likeness (QED) is 0.183. The van der Waals surface area contributed by atoms with Crippen LogP contribution in [0, 0.1) is 0 Å². The molecule has 0 aromatic rings. The number of carbonyl (C=O) groups excluding carboxylic acids is 3. The Morgan fingerprint density at radius 3 is 2.24 bits per heavy atom.